The summed E-state index contributed by atoms with van der Waals surface area (Å²) in [7, 11) is 1.89. The van der Waals surface area contributed by atoms with Crippen molar-refractivity contribution in [3.05, 3.63) is 30.9 Å². The summed E-state index contributed by atoms with van der Waals surface area (Å²) in [6.45, 7) is 0. The molecule has 3 rings (SSSR count). The predicted octanol–water partition coefficient (Wildman–Crippen LogP) is 1.42. The summed E-state index contributed by atoms with van der Waals surface area (Å²) in [6.07, 6.45) is 3.06. The molecule has 0 atom stereocenters. The second kappa shape index (κ2) is 4.15. The van der Waals surface area contributed by atoms with Gasteiger partial charge in [0.2, 0.25) is 0 Å². The number of nitrogens with zero attached hydrogens (tertiary/aromatic N) is 4. The van der Waals surface area contributed by atoms with Gasteiger partial charge in [0.25, 0.3) is 0 Å². The van der Waals surface area contributed by atoms with E-state index >= 15 is 0 Å². The standard InChI is InChI=1S/C10H7N4O.Ir/c1-14-5-12-13-10(14)7-2-3-9-8(4-7)11-6-15-9;/h3-6H,1H3;/q-1;. The van der Waals surface area contributed by atoms with Gasteiger partial charge in [-0.1, -0.05) is 0 Å². The maximum absolute atomic E-state index is 5.14. The molecule has 0 unspecified atom stereocenters. The van der Waals surface area contributed by atoms with E-state index in [1.54, 1.807) is 12.4 Å². The number of oxazole rings is 1. The van der Waals surface area contributed by atoms with Crippen molar-refractivity contribution in [2.24, 2.45) is 7.05 Å². The van der Waals surface area contributed by atoms with Crippen LogP contribution in [0, 0.1) is 6.07 Å². The fourth-order valence-corrected chi connectivity index (χ4v) is 1.46. The minimum absolute atomic E-state index is 0. The maximum atomic E-state index is 5.14. The van der Waals surface area contributed by atoms with E-state index in [1.807, 2.05) is 17.7 Å². The van der Waals surface area contributed by atoms with Crippen LogP contribution in [0.15, 0.2) is 29.3 Å². The first-order chi connectivity index (χ1) is 7.34. The van der Waals surface area contributed by atoms with Crippen LogP contribution in [0.5, 0.6) is 0 Å². The van der Waals surface area contributed by atoms with Crippen LogP contribution < -0.4 is 0 Å². The molecule has 0 spiro atoms. The molecular weight excluding hydrogens is 384 g/mol. The summed E-state index contributed by atoms with van der Waals surface area (Å²) in [6, 6.07) is 6.72. The van der Waals surface area contributed by atoms with E-state index in [0.717, 1.165) is 22.5 Å². The molecule has 5 nitrogen and oxygen atoms in total. The number of fused-ring (bicyclic) bond motifs is 1. The van der Waals surface area contributed by atoms with E-state index < -0.39 is 0 Å². The van der Waals surface area contributed by atoms with Crippen molar-refractivity contribution in [3.63, 3.8) is 0 Å². The fourth-order valence-electron chi connectivity index (χ4n) is 1.46. The monoisotopic (exact) mass is 392 g/mol. The van der Waals surface area contributed by atoms with Crippen molar-refractivity contribution < 1.29 is 24.5 Å². The van der Waals surface area contributed by atoms with Crippen LogP contribution in [-0.2, 0) is 27.2 Å². The van der Waals surface area contributed by atoms with Gasteiger partial charge in [-0.25, -0.2) is 4.98 Å². The number of benzene rings is 1. The molecule has 0 fully saturated rings. The molecule has 0 amide bonds. The zero-order chi connectivity index (χ0) is 10.3. The SMILES string of the molecule is Cn1cnnc1-c1[c-]cc2ocnc2c1.[Ir]. The Kier molecular flexibility index (Phi) is 2.85. The van der Waals surface area contributed by atoms with Gasteiger partial charge >= 0.3 is 0 Å². The first-order valence-corrected chi connectivity index (χ1v) is 4.44. The Labute approximate surface area is 105 Å². The van der Waals surface area contributed by atoms with Gasteiger partial charge in [-0.05, 0) is 0 Å². The molecule has 2 heterocycles. The molecule has 1 aromatic carbocycles. The van der Waals surface area contributed by atoms with E-state index in [4.69, 9.17) is 4.42 Å². The number of rotatable bonds is 1. The average Bonchev–Trinajstić information content (AvgIpc) is 2.84. The molecule has 16 heavy (non-hydrogen) atoms. The average molecular weight is 391 g/mol. The summed E-state index contributed by atoms with van der Waals surface area (Å²) < 4.78 is 6.97. The Morgan fingerprint density at radius 1 is 1.44 bits per heavy atom. The quantitative estimate of drug-likeness (QED) is 0.589. The predicted molar refractivity (Wildman–Crippen MR) is 52.8 cm³/mol. The van der Waals surface area contributed by atoms with Crippen molar-refractivity contribution in [2.45, 2.75) is 0 Å². The van der Waals surface area contributed by atoms with Crippen LogP contribution in [0.2, 0.25) is 0 Å². The maximum Gasteiger partial charge on any atom is 0.169 e. The zero-order valence-electron chi connectivity index (χ0n) is 8.34. The first-order valence-electron chi connectivity index (χ1n) is 4.44. The topological polar surface area (TPSA) is 56.7 Å². The normalized spacial score (nSPS) is 10.3. The molecule has 0 N–H and O–H groups in total. The first kappa shape index (κ1) is 11.0. The van der Waals surface area contributed by atoms with Crippen molar-refractivity contribution in [1.82, 2.24) is 19.7 Å². The van der Waals surface area contributed by atoms with Crippen molar-refractivity contribution in [3.8, 4) is 11.4 Å². The van der Waals surface area contributed by atoms with Crippen molar-refractivity contribution in [1.29, 1.82) is 0 Å². The van der Waals surface area contributed by atoms with Crippen molar-refractivity contribution >= 4 is 11.1 Å². The van der Waals surface area contributed by atoms with E-state index in [9.17, 15) is 0 Å². The molecule has 2 aromatic heterocycles. The fraction of sp³-hybridized carbons (Fsp3) is 0.100. The second-order valence-electron chi connectivity index (χ2n) is 3.21. The molecule has 0 saturated carbocycles. The number of hydrogen-bond acceptors (Lipinski definition) is 4. The van der Waals surface area contributed by atoms with Crippen LogP contribution in [0.1, 0.15) is 0 Å². The van der Waals surface area contributed by atoms with E-state index in [2.05, 4.69) is 21.2 Å². The Morgan fingerprint density at radius 3 is 3.06 bits per heavy atom. The molecule has 0 bridgehead atoms. The van der Waals surface area contributed by atoms with Gasteiger partial charge in [0.05, 0.1) is 11.4 Å². The number of aromatic nitrogens is 4. The Morgan fingerprint density at radius 2 is 2.31 bits per heavy atom. The van der Waals surface area contributed by atoms with Crippen LogP contribution in [-0.4, -0.2) is 19.7 Å². The van der Waals surface area contributed by atoms with Crippen LogP contribution in [0.4, 0.5) is 0 Å². The van der Waals surface area contributed by atoms with Crippen LogP contribution >= 0.6 is 0 Å². The van der Waals surface area contributed by atoms with Gasteiger partial charge in [-0.3, -0.25) is 0 Å². The van der Waals surface area contributed by atoms with Gasteiger partial charge in [-0.15, -0.1) is 28.9 Å². The van der Waals surface area contributed by atoms with Gasteiger partial charge in [0.15, 0.2) is 6.39 Å². The van der Waals surface area contributed by atoms with Gasteiger partial charge in [-0.2, -0.15) is 5.10 Å². The van der Waals surface area contributed by atoms with E-state index in [-0.39, 0.29) is 20.1 Å². The molecule has 0 aliphatic carbocycles. The summed E-state index contributed by atoms with van der Waals surface area (Å²) >= 11 is 0. The third-order valence-corrected chi connectivity index (χ3v) is 2.22. The molecule has 3 aromatic rings. The Bertz CT molecular complexity index is 616. The molecule has 83 valence electrons. The second-order valence-corrected chi connectivity index (χ2v) is 3.21. The number of hydrogen-bond donors (Lipinski definition) is 0. The van der Waals surface area contributed by atoms with E-state index in [1.165, 1.54) is 6.39 Å². The van der Waals surface area contributed by atoms with Crippen LogP contribution in [0.3, 0.4) is 0 Å². The van der Waals surface area contributed by atoms with E-state index in [0.29, 0.717) is 0 Å². The summed E-state index contributed by atoms with van der Waals surface area (Å²) in [5, 5.41) is 7.82. The largest absolute Gasteiger partial charge is 0.490 e. The molecule has 0 saturated heterocycles. The Hall–Kier alpha value is -1.52. The third-order valence-electron chi connectivity index (χ3n) is 2.22. The molecule has 1 radical (unpaired) electrons. The van der Waals surface area contributed by atoms with Crippen LogP contribution in [0.25, 0.3) is 22.5 Å². The smallest absolute Gasteiger partial charge is 0.169 e. The summed E-state index contributed by atoms with van der Waals surface area (Å²) in [5.41, 5.74) is 2.38. The number of aryl methyl sites for hydroxylation is 1. The third kappa shape index (κ3) is 1.66. The summed E-state index contributed by atoms with van der Waals surface area (Å²) in [4.78, 5) is 4.07. The van der Waals surface area contributed by atoms with Gasteiger partial charge in [0, 0.05) is 32.7 Å². The minimum Gasteiger partial charge on any atom is -0.490 e. The molecule has 6 heteroatoms. The molecular formula is C10H7IrN4O-. The minimum atomic E-state index is 0. The van der Waals surface area contributed by atoms with Gasteiger partial charge < -0.3 is 8.98 Å². The Balaban J connectivity index is 0.000000963. The molecule has 0 aliphatic heterocycles. The molecule has 0 aliphatic rings. The van der Waals surface area contributed by atoms with Gasteiger partial charge in [0.1, 0.15) is 6.33 Å². The summed E-state index contributed by atoms with van der Waals surface area (Å²) in [5.74, 6) is 0.764. The zero-order valence-corrected chi connectivity index (χ0v) is 10.7. The van der Waals surface area contributed by atoms with Crippen molar-refractivity contribution in [2.75, 3.05) is 0 Å².